The van der Waals surface area contributed by atoms with Gasteiger partial charge in [0.2, 0.25) is 5.65 Å². The lowest BCUT2D eigenvalue weighted by Crippen LogP contribution is -2.19. The highest BCUT2D eigenvalue weighted by atomic mass is 79.9. The van der Waals surface area contributed by atoms with Crippen LogP contribution in [0.4, 0.5) is 0 Å². The Morgan fingerprint density at radius 2 is 1.65 bits per heavy atom. The number of halogens is 1. The minimum Gasteiger partial charge on any atom is -0.300 e. The van der Waals surface area contributed by atoms with Crippen LogP contribution in [0.2, 0.25) is 0 Å². The van der Waals surface area contributed by atoms with Crippen molar-refractivity contribution in [2.24, 2.45) is 0 Å². The maximum absolute atomic E-state index is 12.9. The van der Waals surface area contributed by atoms with E-state index in [-0.39, 0.29) is 5.56 Å². The van der Waals surface area contributed by atoms with Gasteiger partial charge in [0.1, 0.15) is 0 Å². The fraction of sp³-hybridized carbons (Fsp3) is 0.143. The van der Waals surface area contributed by atoms with Crippen LogP contribution in [0.5, 0.6) is 0 Å². The summed E-state index contributed by atoms with van der Waals surface area (Å²) in [4.78, 5) is 17.5. The third kappa shape index (κ3) is 2.99. The van der Waals surface area contributed by atoms with Crippen molar-refractivity contribution in [3.05, 3.63) is 87.5 Å². The summed E-state index contributed by atoms with van der Waals surface area (Å²) in [6.45, 7) is 4.31. The second-order valence-electron chi connectivity index (χ2n) is 6.58. The number of fused-ring (bicyclic) bond motifs is 1. The minimum atomic E-state index is -0.131. The molecule has 2 heterocycles. The predicted octanol–water partition coefficient (Wildman–Crippen LogP) is 5.04. The molecule has 4 rings (SSSR count). The molecule has 4 nitrogen and oxygen atoms in total. The van der Waals surface area contributed by atoms with Crippen LogP contribution in [0.15, 0.2) is 76.4 Å². The monoisotopic (exact) mass is 407 g/mol. The highest BCUT2D eigenvalue weighted by Crippen LogP contribution is 2.21. The van der Waals surface area contributed by atoms with Gasteiger partial charge in [-0.05, 0) is 35.7 Å². The predicted molar refractivity (Wildman–Crippen MR) is 108 cm³/mol. The van der Waals surface area contributed by atoms with E-state index in [2.05, 4.69) is 46.9 Å². The van der Waals surface area contributed by atoms with Crippen molar-refractivity contribution in [1.29, 1.82) is 0 Å². The van der Waals surface area contributed by atoms with E-state index in [0.717, 1.165) is 21.4 Å². The number of imidazole rings is 1. The van der Waals surface area contributed by atoms with Crippen molar-refractivity contribution < 1.29 is 0 Å². The van der Waals surface area contributed by atoms with Crippen molar-refractivity contribution in [2.75, 3.05) is 0 Å². The fourth-order valence-electron chi connectivity index (χ4n) is 2.96. The van der Waals surface area contributed by atoms with Crippen LogP contribution >= 0.6 is 15.9 Å². The summed E-state index contributed by atoms with van der Waals surface area (Å²) in [5.41, 5.74) is 4.13. The quantitative estimate of drug-likeness (QED) is 0.477. The van der Waals surface area contributed by atoms with E-state index in [0.29, 0.717) is 11.6 Å². The number of hydrogen-bond donors (Lipinski definition) is 0. The SMILES string of the molecule is CC(C)c1ccc(-n2ccn3cc(-c4ccc(Br)cc4)nc3c2=O)cc1. The lowest BCUT2D eigenvalue weighted by Gasteiger charge is -2.09. The molecule has 0 amide bonds. The zero-order valence-electron chi connectivity index (χ0n) is 14.6. The molecule has 0 bridgehead atoms. The van der Waals surface area contributed by atoms with Gasteiger partial charge in [-0.25, -0.2) is 4.98 Å². The molecule has 0 radical (unpaired) electrons. The molecule has 0 spiro atoms. The van der Waals surface area contributed by atoms with Crippen molar-refractivity contribution in [3.8, 4) is 16.9 Å². The smallest absolute Gasteiger partial charge is 0.298 e. The Hall–Kier alpha value is -2.66. The summed E-state index contributed by atoms with van der Waals surface area (Å²) < 4.78 is 4.42. The maximum atomic E-state index is 12.9. The van der Waals surface area contributed by atoms with Gasteiger partial charge >= 0.3 is 0 Å². The Morgan fingerprint density at radius 3 is 2.31 bits per heavy atom. The van der Waals surface area contributed by atoms with Gasteiger partial charge in [-0.3, -0.25) is 9.36 Å². The van der Waals surface area contributed by atoms with Gasteiger partial charge in [-0.1, -0.05) is 54.0 Å². The molecular weight excluding hydrogens is 390 g/mol. The Balaban J connectivity index is 1.79. The van der Waals surface area contributed by atoms with Gasteiger partial charge in [-0.2, -0.15) is 0 Å². The Morgan fingerprint density at radius 1 is 0.962 bits per heavy atom. The number of benzene rings is 2. The molecule has 4 aromatic rings. The first-order valence-electron chi connectivity index (χ1n) is 8.49. The lowest BCUT2D eigenvalue weighted by atomic mass is 10.0. The number of aromatic nitrogens is 3. The molecule has 0 N–H and O–H groups in total. The van der Waals surface area contributed by atoms with Crippen LogP contribution in [-0.2, 0) is 0 Å². The molecule has 130 valence electrons. The molecule has 2 aromatic heterocycles. The van der Waals surface area contributed by atoms with Gasteiger partial charge < -0.3 is 4.40 Å². The Kier molecular flexibility index (Phi) is 4.24. The zero-order valence-corrected chi connectivity index (χ0v) is 16.1. The van der Waals surface area contributed by atoms with Crippen molar-refractivity contribution >= 4 is 21.6 Å². The third-order valence-corrected chi connectivity index (χ3v) is 5.03. The fourth-order valence-corrected chi connectivity index (χ4v) is 3.23. The summed E-state index contributed by atoms with van der Waals surface area (Å²) in [5, 5.41) is 0. The molecule has 0 aliphatic carbocycles. The van der Waals surface area contributed by atoms with Gasteiger partial charge in [0.25, 0.3) is 5.56 Å². The maximum Gasteiger partial charge on any atom is 0.298 e. The van der Waals surface area contributed by atoms with Gasteiger partial charge in [0.05, 0.1) is 5.69 Å². The molecule has 0 saturated carbocycles. The van der Waals surface area contributed by atoms with Crippen molar-refractivity contribution in [3.63, 3.8) is 0 Å². The Labute approximate surface area is 159 Å². The second-order valence-corrected chi connectivity index (χ2v) is 7.50. The van der Waals surface area contributed by atoms with Crippen LogP contribution in [0.1, 0.15) is 25.3 Å². The van der Waals surface area contributed by atoms with Crippen molar-refractivity contribution in [1.82, 2.24) is 14.0 Å². The first-order chi connectivity index (χ1) is 12.5. The van der Waals surface area contributed by atoms with E-state index in [1.165, 1.54) is 5.56 Å². The van der Waals surface area contributed by atoms with E-state index in [1.807, 2.05) is 48.8 Å². The third-order valence-electron chi connectivity index (χ3n) is 4.50. The number of nitrogens with zero attached hydrogens (tertiary/aromatic N) is 3. The van der Waals surface area contributed by atoms with Crippen LogP contribution in [-0.4, -0.2) is 14.0 Å². The van der Waals surface area contributed by atoms with E-state index in [4.69, 9.17) is 0 Å². The highest BCUT2D eigenvalue weighted by Gasteiger charge is 2.10. The molecule has 0 fully saturated rings. The van der Waals surface area contributed by atoms with E-state index < -0.39 is 0 Å². The Bertz CT molecular complexity index is 1120. The van der Waals surface area contributed by atoms with Crippen LogP contribution in [0, 0.1) is 0 Å². The molecule has 0 aliphatic rings. The summed E-state index contributed by atoms with van der Waals surface area (Å²) in [6, 6.07) is 16.0. The molecule has 2 aromatic carbocycles. The first-order valence-corrected chi connectivity index (χ1v) is 9.29. The molecule has 5 heteroatoms. The van der Waals surface area contributed by atoms with Gasteiger partial charge in [0, 0.05) is 34.3 Å². The first kappa shape index (κ1) is 16.8. The molecule has 26 heavy (non-hydrogen) atoms. The van der Waals surface area contributed by atoms with Gasteiger partial charge in [-0.15, -0.1) is 0 Å². The van der Waals surface area contributed by atoms with Crippen LogP contribution < -0.4 is 5.56 Å². The van der Waals surface area contributed by atoms with Gasteiger partial charge in [0.15, 0.2) is 0 Å². The summed E-state index contributed by atoms with van der Waals surface area (Å²) >= 11 is 3.43. The average Bonchev–Trinajstić information content (AvgIpc) is 3.08. The molecule has 0 saturated heterocycles. The lowest BCUT2D eigenvalue weighted by molar-refractivity contribution is 0.863. The highest BCUT2D eigenvalue weighted by molar-refractivity contribution is 9.10. The summed E-state index contributed by atoms with van der Waals surface area (Å²) in [5.74, 6) is 0.462. The zero-order chi connectivity index (χ0) is 18.3. The average molecular weight is 408 g/mol. The molecule has 0 aliphatic heterocycles. The second kappa shape index (κ2) is 6.57. The normalized spacial score (nSPS) is 11.4. The number of rotatable bonds is 3. The summed E-state index contributed by atoms with van der Waals surface area (Å²) in [7, 11) is 0. The largest absolute Gasteiger partial charge is 0.300 e. The van der Waals surface area contributed by atoms with E-state index >= 15 is 0 Å². The molecule has 0 unspecified atom stereocenters. The van der Waals surface area contributed by atoms with E-state index in [9.17, 15) is 4.79 Å². The minimum absolute atomic E-state index is 0.131. The van der Waals surface area contributed by atoms with Crippen LogP contribution in [0.3, 0.4) is 0 Å². The summed E-state index contributed by atoms with van der Waals surface area (Å²) in [6.07, 6.45) is 5.53. The standard InChI is InChI=1S/C21H18BrN3O/c1-14(2)15-5-9-18(10-6-15)25-12-11-24-13-19(23-20(24)21(25)26)16-3-7-17(22)8-4-16/h3-14H,1-2H3. The van der Waals surface area contributed by atoms with E-state index in [1.54, 1.807) is 15.2 Å². The number of hydrogen-bond acceptors (Lipinski definition) is 2. The van der Waals surface area contributed by atoms with Crippen molar-refractivity contribution in [2.45, 2.75) is 19.8 Å². The molecular formula is C21H18BrN3O. The molecule has 0 atom stereocenters. The van der Waals surface area contributed by atoms with Crippen LogP contribution in [0.25, 0.3) is 22.6 Å². The topological polar surface area (TPSA) is 39.3 Å².